The number of nitrogen functional groups attached to an aromatic ring is 1. The van der Waals surface area contributed by atoms with Crippen molar-refractivity contribution in [2.75, 3.05) is 5.73 Å². The first kappa shape index (κ1) is 17.9. The van der Waals surface area contributed by atoms with E-state index in [0.29, 0.717) is 30.6 Å². The summed E-state index contributed by atoms with van der Waals surface area (Å²) in [6, 6.07) is 24.1. The number of hydrogen-bond acceptors (Lipinski definition) is 3. The van der Waals surface area contributed by atoms with Crippen LogP contribution in [0.2, 0.25) is 0 Å². The van der Waals surface area contributed by atoms with Crippen molar-refractivity contribution in [2.24, 2.45) is 0 Å². The maximum absolute atomic E-state index is 6.22. The van der Waals surface area contributed by atoms with Crippen LogP contribution in [0.25, 0.3) is 0 Å². The summed E-state index contributed by atoms with van der Waals surface area (Å²) in [6.45, 7) is 5.26. The van der Waals surface area contributed by atoms with E-state index in [0.717, 1.165) is 22.4 Å². The average Bonchev–Trinajstić information content (AvgIpc) is 2.67. The molecule has 0 saturated heterocycles. The van der Waals surface area contributed by atoms with E-state index in [9.17, 15) is 0 Å². The average molecular weight is 347 g/mol. The van der Waals surface area contributed by atoms with Crippen molar-refractivity contribution in [3.8, 4) is 11.5 Å². The molecule has 0 aliphatic heterocycles. The Labute approximate surface area is 155 Å². The van der Waals surface area contributed by atoms with Gasteiger partial charge < -0.3 is 15.2 Å². The molecule has 0 heterocycles. The van der Waals surface area contributed by atoms with Crippen LogP contribution in [0.5, 0.6) is 11.5 Å². The predicted octanol–water partition coefficient (Wildman–Crippen LogP) is 5.55. The Bertz CT molecular complexity index is 830. The molecular formula is C23H25NO2. The van der Waals surface area contributed by atoms with E-state index >= 15 is 0 Å². The molecule has 3 aromatic rings. The van der Waals surface area contributed by atoms with Gasteiger partial charge in [-0.15, -0.1) is 0 Å². The van der Waals surface area contributed by atoms with Crippen LogP contribution < -0.4 is 15.2 Å². The first-order chi connectivity index (χ1) is 12.6. The second-order valence-corrected chi connectivity index (χ2v) is 6.63. The molecule has 3 heteroatoms. The standard InChI is InChI=1S/C23H25NO2/c1-17(2)20-13-21(24)23(26-16-19-11-7-4-8-12-19)14-22(20)25-15-18-9-5-3-6-10-18/h3-14,17H,15-16,24H2,1-2H3. The van der Waals surface area contributed by atoms with Crippen molar-refractivity contribution in [1.82, 2.24) is 0 Å². The van der Waals surface area contributed by atoms with Gasteiger partial charge in [0.15, 0.2) is 0 Å². The fraction of sp³-hybridized carbons (Fsp3) is 0.217. The summed E-state index contributed by atoms with van der Waals surface area (Å²) in [7, 11) is 0. The lowest BCUT2D eigenvalue weighted by molar-refractivity contribution is 0.288. The Morgan fingerprint density at radius 1 is 0.731 bits per heavy atom. The highest BCUT2D eigenvalue weighted by Gasteiger charge is 2.14. The van der Waals surface area contributed by atoms with Crippen LogP contribution in [-0.4, -0.2) is 0 Å². The summed E-state index contributed by atoms with van der Waals surface area (Å²) in [6.07, 6.45) is 0. The summed E-state index contributed by atoms with van der Waals surface area (Å²) in [4.78, 5) is 0. The molecule has 0 atom stereocenters. The molecule has 0 saturated carbocycles. The summed E-state index contributed by atoms with van der Waals surface area (Å²) in [5.74, 6) is 1.79. The van der Waals surface area contributed by atoms with Crippen molar-refractivity contribution in [2.45, 2.75) is 33.0 Å². The van der Waals surface area contributed by atoms with Gasteiger partial charge in [-0.05, 0) is 28.7 Å². The maximum atomic E-state index is 6.22. The van der Waals surface area contributed by atoms with Gasteiger partial charge in [0, 0.05) is 6.07 Å². The van der Waals surface area contributed by atoms with Crippen LogP contribution in [0.15, 0.2) is 72.8 Å². The van der Waals surface area contributed by atoms with E-state index in [4.69, 9.17) is 15.2 Å². The van der Waals surface area contributed by atoms with Gasteiger partial charge in [0.2, 0.25) is 0 Å². The van der Waals surface area contributed by atoms with Gasteiger partial charge in [0.1, 0.15) is 24.7 Å². The summed E-state index contributed by atoms with van der Waals surface area (Å²) in [5.41, 5.74) is 10.2. The molecule has 0 radical (unpaired) electrons. The quantitative estimate of drug-likeness (QED) is 0.570. The molecule has 0 aliphatic carbocycles. The summed E-state index contributed by atoms with van der Waals surface area (Å²) in [5, 5.41) is 0. The summed E-state index contributed by atoms with van der Waals surface area (Å²) >= 11 is 0. The van der Waals surface area contributed by atoms with E-state index in [1.807, 2.05) is 60.7 Å². The molecule has 0 bridgehead atoms. The number of ether oxygens (including phenoxy) is 2. The second-order valence-electron chi connectivity index (χ2n) is 6.63. The zero-order valence-electron chi connectivity index (χ0n) is 15.3. The Hall–Kier alpha value is -2.94. The van der Waals surface area contributed by atoms with Gasteiger partial charge in [0.25, 0.3) is 0 Å². The second kappa shape index (κ2) is 8.43. The van der Waals surface area contributed by atoms with Crippen LogP contribution in [0.4, 0.5) is 5.69 Å². The normalized spacial score (nSPS) is 10.7. The molecular weight excluding hydrogens is 322 g/mol. The maximum Gasteiger partial charge on any atom is 0.146 e. The third-order valence-electron chi connectivity index (χ3n) is 4.24. The van der Waals surface area contributed by atoms with E-state index in [2.05, 4.69) is 26.0 Å². The lowest BCUT2D eigenvalue weighted by Gasteiger charge is -2.18. The lowest BCUT2D eigenvalue weighted by atomic mass is 10.0. The molecule has 0 unspecified atom stereocenters. The lowest BCUT2D eigenvalue weighted by Crippen LogP contribution is -2.04. The minimum absolute atomic E-state index is 0.311. The monoisotopic (exact) mass is 347 g/mol. The number of hydrogen-bond donors (Lipinski definition) is 1. The molecule has 3 rings (SSSR count). The minimum atomic E-state index is 0.311. The third-order valence-corrected chi connectivity index (χ3v) is 4.24. The highest BCUT2D eigenvalue weighted by Crippen LogP contribution is 2.36. The van der Waals surface area contributed by atoms with Gasteiger partial charge in [-0.25, -0.2) is 0 Å². The number of anilines is 1. The minimum Gasteiger partial charge on any atom is -0.488 e. The molecule has 0 aromatic heterocycles. The van der Waals surface area contributed by atoms with E-state index < -0.39 is 0 Å². The highest BCUT2D eigenvalue weighted by atomic mass is 16.5. The topological polar surface area (TPSA) is 44.5 Å². The van der Waals surface area contributed by atoms with Gasteiger partial charge >= 0.3 is 0 Å². The van der Waals surface area contributed by atoms with Crippen LogP contribution in [-0.2, 0) is 13.2 Å². The zero-order chi connectivity index (χ0) is 18.4. The highest BCUT2D eigenvalue weighted by molar-refractivity contribution is 5.60. The van der Waals surface area contributed by atoms with Crippen molar-refractivity contribution >= 4 is 5.69 Å². The Kier molecular flexibility index (Phi) is 5.80. The van der Waals surface area contributed by atoms with E-state index in [-0.39, 0.29) is 0 Å². The molecule has 0 spiro atoms. The first-order valence-electron chi connectivity index (χ1n) is 8.90. The molecule has 0 fully saturated rings. The predicted molar refractivity (Wildman–Crippen MR) is 106 cm³/mol. The molecule has 2 N–H and O–H groups in total. The largest absolute Gasteiger partial charge is 0.488 e. The number of nitrogens with two attached hydrogens (primary N) is 1. The smallest absolute Gasteiger partial charge is 0.146 e. The van der Waals surface area contributed by atoms with Crippen LogP contribution in [0, 0.1) is 0 Å². The molecule has 0 amide bonds. The van der Waals surface area contributed by atoms with Gasteiger partial charge in [-0.1, -0.05) is 74.5 Å². The molecule has 3 nitrogen and oxygen atoms in total. The van der Waals surface area contributed by atoms with E-state index in [1.165, 1.54) is 0 Å². The molecule has 3 aromatic carbocycles. The van der Waals surface area contributed by atoms with E-state index in [1.54, 1.807) is 0 Å². The summed E-state index contributed by atoms with van der Waals surface area (Å²) < 4.78 is 12.0. The molecule has 0 aliphatic rings. The third kappa shape index (κ3) is 4.57. The first-order valence-corrected chi connectivity index (χ1v) is 8.90. The number of benzene rings is 3. The van der Waals surface area contributed by atoms with Crippen molar-refractivity contribution in [3.63, 3.8) is 0 Å². The van der Waals surface area contributed by atoms with Crippen LogP contribution in [0.1, 0.15) is 36.5 Å². The van der Waals surface area contributed by atoms with Gasteiger partial charge in [0.05, 0.1) is 5.69 Å². The van der Waals surface area contributed by atoms with Gasteiger partial charge in [-0.2, -0.15) is 0 Å². The fourth-order valence-corrected chi connectivity index (χ4v) is 2.77. The SMILES string of the molecule is CC(C)c1cc(N)c(OCc2ccccc2)cc1OCc1ccccc1. The number of rotatable bonds is 7. The Morgan fingerprint density at radius 3 is 1.73 bits per heavy atom. The molecule has 134 valence electrons. The zero-order valence-corrected chi connectivity index (χ0v) is 15.3. The van der Waals surface area contributed by atoms with Crippen LogP contribution in [0.3, 0.4) is 0 Å². The Balaban J connectivity index is 1.79. The molecule has 26 heavy (non-hydrogen) atoms. The van der Waals surface area contributed by atoms with Gasteiger partial charge in [-0.3, -0.25) is 0 Å². The fourth-order valence-electron chi connectivity index (χ4n) is 2.77. The van der Waals surface area contributed by atoms with Crippen LogP contribution >= 0.6 is 0 Å². The van der Waals surface area contributed by atoms with Crippen molar-refractivity contribution in [3.05, 3.63) is 89.5 Å². The van der Waals surface area contributed by atoms with Crippen molar-refractivity contribution < 1.29 is 9.47 Å². The Morgan fingerprint density at radius 2 is 1.23 bits per heavy atom. The van der Waals surface area contributed by atoms with Crippen molar-refractivity contribution in [1.29, 1.82) is 0 Å².